The first kappa shape index (κ1) is 15.2. The minimum atomic E-state index is -0.195. The molecule has 112 valence electrons. The van der Waals surface area contributed by atoms with E-state index in [-0.39, 0.29) is 18.3 Å². The Kier molecular flexibility index (Phi) is 5.20. The van der Waals surface area contributed by atoms with Crippen LogP contribution in [0.15, 0.2) is 64.8 Å². The second kappa shape index (κ2) is 7.53. The Hall–Kier alpha value is -3.22. The highest BCUT2D eigenvalue weighted by Gasteiger charge is 2.07. The first-order chi connectivity index (χ1) is 10.7. The molecule has 7 nitrogen and oxygen atoms in total. The summed E-state index contributed by atoms with van der Waals surface area (Å²) in [6, 6.07) is 15.9. The van der Waals surface area contributed by atoms with Crippen LogP contribution in [-0.2, 0) is 0 Å². The summed E-state index contributed by atoms with van der Waals surface area (Å²) in [6.07, 6.45) is 0. The lowest BCUT2D eigenvalue weighted by Gasteiger charge is -2.07. The summed E-state index contributed by atoms with van der Waals surface area (Å²) >= 11 is 0. The van der Waals surface area contributed by atoms with E-state index < -0.39 is 0 Å². The van der Waals surface area contributed by atoms with Gasteiger partial charge in [0.2, 0.25) is 0 Å². The number of amides is 1. The van der Waals surface area contributed by atoms with Crippen molar-refractivity contribution >= 4 is 17.4 Å². The van der Waals surface area contributed by atoms with E-state index in [2.05, 4.69) is 15.5 Å². The predicted octanol–water partition coefficient (Wildman–Crippen LogP) is 0.801. The Bertz CT molecular complexity index is 668. The molecule has 22 heavy (non-hydrogen) atoms. The van der Waals surface area contributed by atoms with Gasteiger partial charge in [-0.15, -0.1) is 0 Å². The van der Waals surface area contributed by atoms with Gasteiger partial charge in [0.05, 0.1) is 0 Å². The van der Waals surface area contributed by atoms with Gasteiger partial charge in [-0.1, -0.05) is 18.2 Å². The van der Waals surface area contributed by atoms with Crippen LogP contribution >= 0.6 is 0 Å². The lowest BCUT2D eigenvalue weighted by molar-refractivity contribution is -0.207. The van der Waals surface area contributed by atoms with Crippen LogP contribution in [0.1, 0.15) is 10.4 Å². The van der Waals surface area contributed by atoms with Crippen LogP contribution in [0, 0.1) is 0 Å². The fourth-order valence-corrected chi connectivity index (χ4v) is 1.68. The molecule has 0 aliphatic carbocycles. The molecule has 0 atom stereocenters. The molecule has 0 radical (unpaired) electrons. The topological polar surface area (TPSA) is 115 Å². The number of benzene rings is 2. The van der Waals surface area contributed by atoms with Gasteiger partial charge < -0.3 is 15.9 Å². The SMILES string of the molecule is N/N=C(/COc1ccc(C(=O)Nc2ccccc2)cc1)N=[NH2+]. The molecule has 2 aromatic carbocycles. The highest BCUT2D eigenvalue weighted by molar-refractivity contribution is 6.04. The zero-order valence-corrected chi connectivity index (χ0v) is 11.8. The van der Waals surface area contributed by atoms with Crippen molar-refractivity contribution in [2.75, 3.05) is 11.9 Å². The van der Waals surface area contributed by atoms with Crippen LogP contribution in [0.3, 0.4) is 0 Å². The number of nitrogens with one attached hydrogen (secondary N) is 1. The van der Waals surface area contributed by atoms with Crippen molar-refractivity contribution < 1.29 is 15.1 Å². The third kappa shape index (κ3) is 4.14. The smallest absolute Gasteiger partial charge is 0.255 e. The molecule has 7 heteroatoms. The lowest BCUT2D eigenvalue weighted by Crippen LogP contribution is -2.29. The summed E-state index contributed by atoms with van der Waals surface area (Å²) in [5.41, 5.74) is 6.32. The van der Waals surface area contributed by atoms with Gasteiger partial charge in [0.1, 0.15) is 5.75 Å². The number of rotatable bonds is 5. The predicted molar refractivity (Wildman–Crippen MR) is 82.3 cm³/mol. The zero-order valence-electron chi connectivity index (χ0n) is 11.8. The standard InChI is InChI=1S/C15H15N5O2/c16-19-14(20-17)10-22-13-8-6-11(7-9-13)15(21)18-12-4-2-1-3-5-12/h1-9,16H,10,17H2,(H,18,21)/p+1/b19-16?,20-14-. The zero-order chi connectivity index (χ0) is 15.8. The summed E-state index contributed by atoms with van der Waals surface area (Å²) < 4.78 is 5.39. The monoisotopic (exact) mass is 298 g/mol. The van der Waals surface area contributed by atoms with E-state index in [1.165, 1.54) is 0 Å². The molecule has 2 rings (SSSR count). The van der Waals surface area contributed by atoms with E-state index in [9.17, 15) is 4.79 Å². The van der Waals surface area contributed by atoms with Crippen molar-refractivity contribution in [3.8, 4) is 5.75 Å². The highest BCUT2D eigenvalue weighted by Crippen LogP contribution is 2.14. The van der Waals surface area contributed by atoms with Gasteiger partial charge in [-0.3, -0.25) is 4.79 Å². The average molecular weight is 298 g/mol. The van der Waals surface area contributed by atoms with Gasteiger partial charge in [0.15, 0.2) is 6.61 Å². The maximum atomic E-state index is 12.1. The fourth-order valence-electron chi connectivity index (χ4n) is 1.68. The van der Waals surface area contributed by atoms with Crippen molar-refractivity contribution in [2.45, 2.75) is 0 Å². The number of amidine groups is 1. The fraction of sp³-hybridized carbons (Fsp3) is 0.0667. The number of nitrogens with two attached hydrogens (primary N) is 2. The molecule has 2 aromatic rings. The quantitative estimate of drug-likeness (QED) is 0.249. The molecule has 0 aromatic heterocycles. The van der Waals surface area contributed by atoms with Crippen LogP contribution in [-0.4, -0.2) is 18.3 Å². The molecule has 0 spiro atoms. The van der Waals surface area contributed by atoms with Gasteiger partial charge >= 0.3 is 0 Å². The van der Waals surface area contributed by atoms with Gasteiger partial charge in [-0.05, 0) is 36.4 Å². The molecule has 0 aliphatic heterocycles. The number of anilines is 1. The van der Waals surface area contributed by atoms with Crippen molar-refractivity contribution in [3.63, 3.8) is 0 Å². The summed E-state index contributed by atoms with van der Waals surface area (Å²) in [5, 5.41) is 9.50. The van der Waals surface area contributed by atoms with E-state index in [1.54, 1.807) is 24.3 Å². The van der Waals surface area contributed by atoms with Gasteiger partial charge in [0.25, 0.3) is 11.7 Å². The number of carbonyl (C=O) groups excluding carboxylic acids is 1. The normalized spacial score (nSPS) is 10.8. The lowest BCUT2D eigenvalue weighted by atomic mass is 10.2. The second-order valence-electron chi connectivity index (χ2n) is 4.31. The molecule has 0 unspecified atom stereocenters. The van der Waals surface area contributed by atoms with E-state index >= 15 is 0 Å². The van der Waals surface area contributed by atoms with Crippen molar-refractivity contribution in [1.82, 2.24) is 0 Å². The second-order valence-corrected chi connectivity index (χ2v) is 4.31. The Morgan fingerprint density at radius 2 is 1.82 bits per heavy atom. The van der Waals surface area contributed by atoms with Gasteiger partial charge in [-0.25, -0.2) is 0 Å². The van der Waals surface area contributed by atoms with Crippen LogP contribution < -0.4 is 21.4 Å². The van der Waals surface area contributed by atoms with Crippen LogP contribution in [0.4, 0.5) is 5.69 Å². The number of hydrogen-bond donors (Lipinski definition) is 3. The summed E-state index contributed by atoms with van der Waals surface area (Å²) in [7, 11) is 0. The van der Waals surface area contributed by atoms with E-state index in [0.29, 0.717) is 11.3 Å². The van der Waals surface area contributed by atoms with Crippen molar-refractivity contribution in [2.24, 2.45) is 16.1 Å². The Morgan fingerprint density at radius 1 is 1.14 bits per heavy atom. The van der Waals surface area contributed by atoms with Gasteiger partial charge in [-0.2, -0.15) is 10.6 Å². The molecule has 1 amide bonds. The van der Waals surface area contributed by atoms with E-state index in [1.807, 2.05) is 30.3 Å². The minimum Gasteiger partial charge on any atom is -0.485 e. The third-order valence-corrected chi connectivity index (χ3v) is 2.81. The number of carbonyl (C=O) groups is 1. The van der Waals surface area contributed by atoms with E-state index in [0.717, 1.165) is 5.69 Å². The number of hydrazone groups is 1. The number of hydrogen-bond acceptors (Lipinski definition) is 4. The number of ether oxygens (including phenoxy) is 1. The molecule has 5 N–H and O–H groups in total. The van der Waals surface area contributed by atoms with Crippen molar-refractivity contribution in [1.29, 1.82) is 0 Å². The first-order valence-electron chi connectivity index (χ1n) is 6.50. The molecular weight excluding hydrogens is 282 g/mol. The maximum absolute atomic E-state index is 12.1. The molecule has 0 bridgehead atoms. The summed E-state index contributed by atoms with van der Waals surface area (Å²) in [6.45, 7) is 0.0581. The Morgan fingerprint density at radius 3 is 2.41 bits per heavy atom. The van der Waals surface area contributed by atoms with Gasteiger partial charge in [0, 0.05) is 16.4 Å². The highest BCUT2D eigenvalue weighted by atomic mass is 16.5. The van der Waals surface area contributed by atoms with Crippen LogP contribution in [0.25, 0.3) is 0 Å². The Balaban J connectivity index is 1.96. The molecule has 0 saturated carbocycles. The minimum absolute atomic E-state index is 0.0581. The van der Waals surface area contributed by atoms with Crippen molar-refractivity contribution in [3.05, 3.63) is 60.2 Å². The summed E-state index contributed by atoms with van der Waals surface area (Å²) in [4.78, 5) is 12.1. The maximum Gasteiger partial charge on any atom is 0.255 e. The Labute approximate surface area is 127 Å². The third-order valence-electron chi connectivity index (χ3n) is 2.81. The summed E-state index contributed by atoms with van der Waals surface area (Å²) in [5.74, 6) is 5.61. The van der Waals surface area contributed by atoms with Crippen LogP contribution in [0.2, 0.25) is 0 Å². The largest absolute Gasteiger partial charge is 0.485 e. The molecule has 0 saturated heterocycles. The van der Waals surface area contributed by atoms with Crippen LogP contribution in [0.5, 0.6) is 5.75 Å². The molecule has 0 aliphatic rings. The molecule has 0 fully saturated rings. The first-order valence-corrected chi connectivity index (χ1v) is 6.50. The average Bonchev–Trinajstić information content (AvgIpc) is 2.57. The molecule has 0 heterocycles. The van der Waals surface area contributed by atoms with E-state index in [4.69, 9.17) is 16.1 Å². The molecular formula is C15H16N5O2+. The number of para-hydroxylation sites is 1. The number of nitrogens with zero attached hydrogens (tertiary/aromatic N) is 2.